The van der Waals surface area contributed by atoms with Crippen LogP contribution in [-0.4, -0.2) is 41.5 Å². The van der Waals surface area contributed by atoms with E-state index in [-0.39, 0.29) is 6.10 Å². The molecule has 18 heavy (non-hydrogen) atoms. The minimum Gasteiger partial charge on any atom is -0.391 e. The highest BCUT2D eigenvalue weighted by atomic mass is 79.9. The van der Waals surface area contributed by atoms with Crippen LogP contribution in [0.1, 0.15) is 19.3 Å². The van der Waals surface area contributed by atoms with E-state index in [2.05, 4.69) is 33.0 Å². The number of nitrogens with zero attached hydrogens (tertiary/aromatic N) is 1. The van der Waals surface area contributed by atoms with Gasteiger partial charge in [0.25, 0.3) is 0 Å². The van der Waals surface area contributed by atoms with E-state index in [9.17, 15) is 5.11 Å². The Bertz CT molecular complexity index is 351. The van der Waals surface area contributed by atoms with Crippen LogP contribution in [0.3, 0.4) is 0 Å². The number of halogens is 1. The summed E-state index contributed by atoms with van der Waals surface area (Å²) < 4.78 is 1.10. The Kier molecular flexibility index (Phi) is 6.02. The van der Waals surface area contributed by atoms with Crippen LogP contribution in [0, 0.1) is 0 Å². The highest BCUT2D eigenvalue weighted by Gasteiger charge is 2.14. The molecule has 4 heteroatoms. The summed E-state index contributed by atoms with van der Waals surface area (Å²) in [4.78, 5) is 3.60. The highest BCUT2D eigenvalue weighted by molar-refractivity contribution is 9.10. The first-order valence-corrected chi connectivity index (χ1v) is 8.31. The Labute approximate surface area is 122 Å². The third kappa shape index (κ3) is 4.92. The molecule has 1 aromatic rings. The molecule has 1 saturated heterocycles. The van der Waals surface area contributed by atoms with Crippen LogP contribution in [0.25, 0.3) is 0 Å². The Balaban J connectivity index is 1.70. The maximum Gasteiger partial charge on any atom is 0.0760 e. The van der Waals surface area contributed by atoms with Gasteiger partial charge in [0.05, 0.1) is 6.10 Å². The van der Waals surface area contributed by atoms with E-state index in [1.807, 2.05) is 12.1 Å². The molecule has 1 aromatic carbocycles. The van der Waals surface area contributed by atoms with Gasteiger partial charge in [-0.25, -0.2) is 0 Å². The van der Waals surface area contributed by atoms with Crippen LogP contribution in [0.15, 0.2) is 33.6 Å². The molecular weight excluding hydrogens is 310 g/mol. The first kappa shape index (κ1) is 14.4. The zero-order valence-corrected chi connectivity index (χ0v) is 12.9. The zero-order chi connectivity index (χ0) is 12.8. The average molecular weight is 330 g/mol. The second-order valence-electron chi connectivity index (χ2n) is 4.78. The minimum absolute atomic E-state index is 0.225. The molecule has 2 rings (SSSR count). The lowest BCUT2D eigenvalue weighted by molar-refractivity contribution is 0.117. The smallest absolute Gasteiger partial charge is 0.0760 e. The zero-order valence-electron chi connectivity index (χ0n) is 10.5. The van der Waals surface area contributed by atoms with Crippen molar-refractivity contribution in [2.75, 3.05) is 25.4 Å². The van der Waals surface area contributed by atoms with Crippen molar-refractivity contribution in [3.8, 4) is 0 Å². The van der Waals surface area contributed by atoms with E-state index in [0.29, 0.717) is 0 Å². The Hall–Kier alpha value is -0.0300. The van der Waals surface area contributed by atoms with Crippen molar-refractivity contribution in [3.05, 3.63) is 28.7 Å². The van der Waals surface area contributed by atoms with Gasteiger partial charge in [-0.05, 0) is 50.2 Å². The van der Waals surface area contributed by atoms with Gasteiger partial charge in [-0.1, -0.05) is 22.4 Å². The van der Waals surface area contributed by atoms with E-state index >= 15 is 0 Å². The fourth-order valence-corrected chi connectivity index (χ4v) is 3.30. The summed E-state index contributed by atoms with van der Waals surface area (Å²) in [6, 6.07) is 8.25. The number of piperidine rings is 1. The van der Waals surface area contributed by atoms with Crippen LogP contribution >= 0.6 is 27.7 Å². The van der Waals surface area contributed by atoms with Gasteiger partial charge in [-0.2, -0.15) is 0 Å². The second-order valence-corrected chi connectivity index (χ2v) is 6.79. The Morgan fingerprint density at radius 3 is 2.50 bits per heavy atom. The maximum absolute atomic E-state index is 10.0. The van der Waals surface area contributed by atoms with Gasteiger partial charge >= 0.3 is 0 Å². The number of β-amino-alcohol motifs (C(OH)–C–C–N with tert-alkyl or cyclic N) is 1. The second kappa shape index (κ2) is 7.53. The first-order valence-electron chi connectivity index (χ1n) is 6.53. The van der Waals surface area contributed by atoms with Crippen LogP contribution < -0.4 is 0 Å². The van der Waals surface area contributed by atoms with Crippen molar-refractivity contribution in [2.45, 2.75) is 30.3 Å². The number of aliphatic hydroxyl groups excluding tert-OH is 1. The molecule has 0 saturated carbocycles. The maximum atomic E-state index is 10.0. The number of hydrogen-bond acceptors (Lipinski definition) is 3. The predicted octanol–water partition coefficient (Wildman–Crippen LogP) is 3.39. The number of benzene rings is 1. The number of hydrogen-bond donors (Lipinski definition) is 1. The standard InChI is InChI=1S/C14H20BrNOS/c15-12-4-6-14(7-5-12)18-11-13(17)10-16-8-2-1-3-9-16/h4-7,13,17H,1-3,8-11H2. The molecule has 0 aromatic heterocycles. The third-order valence-corrected chi connectivity index (χ3v) is 4.86. The Morgan fingerprint density at radius 1 is 1.17 bits per heavy atom. The van der Waals surface area contributed by atoms with E-state index in [1.54, 1.807) is 11.8 Å². The predicted molar refractivity (Wildman–Crippen MR) is 81.2 cm³/mol. The number of aliphatic hydroxyl groups is 1. The molecular formula is C14H20BrNOS. The topological polar surface area (TPSA) is 23.5 Å². The molecule has 1 aliphatic rings. The molecule has 100 valence electrons. The quantitative estimate of drug-likeness (QED) is 0.837. The summed E-state index contributed by atoms with van der Waals surface area (Å²) in [5.41, 5.74) is 0. The molecule has 1 fully saturated rings. The largest absolute Gasteiger partial charge is 0.391 e. The molecule has 0 amide bonds. The van der Waals surface area contributed by atoms with Crippen molar-refractivity contribution in [1.82, 2.24) is 4.90 Å². The molecule has 0 aliphatic carbocycles. The molecule has 2 nitrogen and oxygen atoms in total. The van der Waals surface area contributed by atoms with Gasteiger partial charge in [-0.15, -0.1) is 11.8 Å². The SMILES string of the molecule is OC(CSc1ccc(Br)cc1)CN1CCCCC1. The van der Waals surface area contributed by atoms with Gasteiger partial charge in [0.1, 0.15) is 0 Å². The lowest BCUT2D eigenvalue weighted by atomic mass is 10.1. The fourth-order valence-electron chi connectivity index (χ4n) is 2.22. The van der Waals surface area contributed by atoms with Gasteiger partial charge in [-0.3, -0.25) is 0 Å². The molecule has 0 bridgehead atoms. The van der Waals surface area contributed by atoms with Crippen molar-refractivity contribution in [3.63, 3.8) is 0 Å². The van der Waals surface area contributed by atoms with Crippen molar-refractivity contribution >= 4 is 27.7 Å². The van der Waals surface area contributed by atoms with E-state index < -0.39 is 0 Å². The number of likely N-dealkylation sites (tertiary alicyclic amines) is 1. The van der Waals surface area contributed by atoms with Crippen LogP contribution in [-0.2, 0) is 0 Å². The van der Waals surface area contributed by atoms with Crippen LogP contribution in [0.5, 0.6) is 0 Å². The van der Waals surface area contributed by atoms with Crippen molar-refractivity contribution < 1.29 is 5.11 Å². The van der Waals surface area contributed by atoms with E-state index in [0.717, 1.165) is 29.9 Å². The third-order valence-electron chi connectivity index (χ3n) is 3.17. The minimum atomic E-state index is -0.225. The van der Waals surface area contributed by atoms with Gasteiger partial charge in [0, 0.05) is 21.7 Å². The monoisotopic (exact) mass is 329 g/mol. The fraction of sp³-hybridized carbons (Fsp3) is 0.571. The van der Waals surface area contributed by atoms with Crippen LogP contribution in [0.2, 0.25) is 0 Å². The van der Waals surface area contributed by atoms with Gasteiger partial charge < -0.3 is 10.0 Å². The van der Waals surface area contributed by atoms with Crippen LogP contribution in [0.4, 0.5) is 0 Å². The molecule has 0 spiro atoms. The molecule has 1 aliphatic heterocycles. The van der Waals surface area contributed by atoms with Gasteiger partial charge in [0.15, 0.2) is 0 Å². The number of rotatable bonds is 5. The summed E-state index contributed by atoms with van der Waals surface area (Å²) >= 11 is 5.15. The lowest BCUT2D eigenvalue weighted by Gasteiger charge is -2.28. The normalized spacial score (nSPS) is 18.8. The summed E-state index contributed by atoms with van der Waals surface area (Å²) in [7, 11) is 0. The summed E-state index contributed by atoms with van der Waals surface area (Å²) in [6.45, 7) is 3.13. The first-order chi connectivity index (χ1) is 8.74. The van der Waals surface area contributed by atoms with E-state index in [4.69, 9.17) is 0 Å². The Morgan fingerprint density at radius 2 is 1.83 bits per heavy atom. The number of thioether (sulfide) groups is 1. The lowest BCUT2D eigenvalue weighted by Crippen LogP contribution is -2.37. The summed E-state index contributed by atoms with van der Waals surface area (Å²) in [5.74, 6) is 0.776. The molecule has 0 radical (unpaired) electrons. The molecule has 1 heterocycles. The molecule has 1 unspecified atom stereocenters. The summed E-state index contributed by atoms with van der Waals surface area (Å²) in [6.07, 6.45) is 3.69. The van der Waals surface area contributed by atoms with E-state index in [1.165, 1.54) is 24.2 Å². The average Bonchev–Trinajstić information content (AvgIpc) is 2.39. The summed E-state index contributed by atoms with van der Waals surface area (Å²) in [5, 5.41) is 10.0. The van der Waals surface area contributed by atoms with Crippen molar-refractivity contribution in [1.29, 1.82) is 0 Å². The highest BCUT2D eigenvalue weighted by Crippen LogP contribution is 2.21. The van der Waals surface area contributed by atoms with Crippen molar-refractivity contribution in [2.24, 2.45) is 0 Å². The van der Waals surface area contributed by atoms with Gasteiger partial charge in [0.2, 0.25) is 0 Å². The molecule has 1 atom stereocenters. The molecule has 1 N–H and O–H groups in total.